The van der Waals surface area contributed by atoms with E-state index < -0.39 is 0 Å². The number of carbonyl (C=O) groups is 1. The minimum Gasteiger partial charge on any atom is -0.436 e. The van der Waals surface area contributed by atoms with E-state index in [1.807, 2.05) is 91.0 Å². The van der Waals surface area contributed by atoms with Crippen LogP contribution in [0, 0.1) is 11.3 Å². The van der Waals surface area contributed by atoms with Crippen molar-refractivity contribution in [1.82, 2.24) is 20.1 Å². The summed E-state index contributed by atoms with van der Waals surface area (Å²) in [7, 11) is 0. The summed E-state index contributed by atoms with van der Waals surface area (Å²) in [6, 6.07) is 25.3. The monoisotopic (exact) mass is 446 g/mol. The van der Waals surface area contributed by atoms with Crippen LogP contribution in [0.2, 0.25) is 0 Å². The van der Waals surface area contributed by atoms with Crippen LogP contribution in [0.15, 0.2) is 77.2 Å². The van der Waals surface area contributed by atoms with Crippen molar-refractivity contribution in [3.05, 3.63) is 89.6 Å². The number of nitrogens with zero attached hydrogens (tertiary/aromatic N) is 5. The predicted octanol–water partition coefficient (Wildman–Crippen LogP) is 4.89. The third-order valence-corrected chi connectivity index (χ3v) is 5.14. The van der Waals surface area contributed by atoms with Crippen LogP contribution in [-0.2, 0) is 4.79 Å². The summed E-state index contributed by atoms with van der Waals surface area (Å²) >= 11 is 0. The lowest BCUT2D eigenvalue weighted by Crippen LogP contribution is -2.22. The molecule has 0 saturated carbocycles. The molecule has 1 amide bonds. The minimum atomic E-state index is -0.338. The van der Waals surface area contributed by atoms with Crippen LogP contribution >= 0.6 is 0 Å². The van der Waals surface area contributed by atoms with Crippen molar-refractivity contribution in [2.45, 2.75) is 6.92 Å². The molecule has 0 aliphatic heterocycles. The summed E-state index contributed by atoms with van der Waals surface area (Å²) in [4.78, 5) is 16.9. The van der Waals surface area contributed by atoms with Crippen molar-refractivity contribution in [1.29, 1.82) is 5.26 Å². The molecule has 0 aliphatic carbocycles. The lowest BCUT2D eigenvalue weighted by atomic mass is 10.1. The number of amides is 1. The molecule has 0 radical (unpaired) electrons. The summed E-state index contributed by atoms with van der Waals surface area (Å²) in [5.41, 5.74) is 8.29. The summed E-state index contributed by atoms with van der Waals surface area (Å²) in [5, 5.41) is 17.3. The highest BCUT2D eigenvalue weighted by Crippen LogP contribution is 2.25. The molecule has 0 atom stereocenters. The van der Waals surface area contributed by atoms with Gasteiger partial charge < -0.3 is 4.42 Å². The molecule has 0 bridgehead atoms. The van der Waals surface area contributed by atoms with Crippen LogP contribution in [0.1, 0.15) is 23.7 Å². The third kappa shape index (κ3) is 4.18. The Morgan fingerprint density at radius 2 is 1.62 bits per heavy atom. The average Bonchev–Trinajstić information content (AvgIpc) is 3.47. The summed E-state index contributed by atoms with van der Waals surface area (Å²) < 4.78 is 5.83. The molecule has 34 heavy (non-hydrogen) atoms. The molecule has 8 heteroatoms. The van der Waals surface area contributed by atoms with E-state index in [-0.39, 0.29) is 11.6 Å². The molecule has 5 aromatic rings. The smallest absolute Gasteiger partial charge is 0.237 e. The number of carbonyl (C=O) groups excluding carboxylic acids is 1. The fraction of sp³-hybridized carbons (Fsp3) is 0.0385. The molecule has 5 rings (SSSR count). The van der Waals surface area contributed by atoms with Crippen LogP contribution in [0.4, 0.5) is 0 Å². The van der Waals surface area contributed by atoms with Crippen LogP contribution in [0.3, 0.4) is 0 Å². The van der Waals surface area contributed by atoms with E-state index >= 15 is 0 Å². The van der Waals surface area contributed by atoms with Gasteiger partial charge in [0.15, 0.2) is 11.3 Å². The molecular formula is C26H18N6O2. The number of para-hydroxylation sites is 2. The summed E-state index contributed by atoms with van der Waals surface area (Å²) in [6.45, 7) is 1.34. The number of nitrogens with one attached hydrogen (secondary N) is 1. The molecule has 2 aromatic heterocycles. The first-order valence-corrected chi connectivity index (χ1v) is 10.5. The zero-order chi connectivity index (χ0) is 23.5. The van der Waals surface area contributed by atoms with Gasteiger partial charge in [-0.1, -0.05) is 60.7 Å². The van der Waals surface area contributed by atoms with Gasteiger partial charge >= 0.3 is 0 Å². The second-order valence-corrected chi connectivity index (χ2v) is 7.54. The SMILES string of the molecule is CC(=O)Nn1nnc(-c2ccc(C=Cc3ccc(-c4nc5ccccc5o4)cc3)cc2)c1C#N. The fourth-order valence-electron chi connectivity index (χ4n) is 3.48. The number of hydrogen-bond acceptors (Lipinski definition) is 6. The highest BCUT2D eigenvalue weighted by molar-refractivity contribution is 5.81. The van der Waals surface area contributed by atoms with Gasteiger partial charge in [-0.15, -0.1) is 9.89 Å². The van der Waals surface area contributed by atoms with Gasteiger partial charge in [-0.3, -0.25) is 4.79 Å². The zero-order valence-electron chi connectivity index (χ0n) is 18.1. The molecule has 0 unspecified atom stereocenters. The number of nitriles is 1. The molecule has 0 saturated heterocycles. The standard InChI is InChI=1S/C26H18N6O2/c1-17(33)30-32-23(16-27)25(29-31-32)20-12-8-18(9-13-20)6-7-19-10-14-21(15-11-19)26-28-22-4-2-3-5-24(22)34-26/h2-15H,1H3,(H,30,33). The number of oxazole rings is 1. The van der Waals surface area contributed by atoms with Crippen LogP contribution < -0.4 is 5.43 Å². The number of fused-ring (bicyclic) bond motifs is 1. The van der Waals surface area contributed by atoms with E-state index in [0.29, 0.717) is 11.6 Å². The Bertz CT molecular complexity index is 1520. The van der Waals surface area contributed by atoms with Crippen molar-refractivity contribution in [2.75, 3.05) is 5.43 Å². The maximum atomic E-state index is 11.3. The van der Waals surface area contributed by atoms with E-state index in [2.05, 4.69) is 20.7 Å². The van der Waals surface area contributed by atoms with Gasteiger partial charge in [-0.25, -0.2) is 10.4 Å². The zero-order valence-corrected chi connectivity index (χ0v) is 18.1. The molecule has 0 spiro atoms. The van der Waals surface area contributed by atoms with Crippen molar-refractivity contribution in [2.24, 2.45) is 0 Å². The highest BCUT2D eigenvalue weighted by atomic mass is 16.3. The molecule has 2 heterocycles. The Morgan fingerprint density at radius 3 is 2.24 bits per heavy atom. The molecule has 0 aliphatic rings. The predicted molar refractivity (Wildman–Crippen MR) is 129 cm³/mol. The molecule has 3 aromatic carbocycles. The molecule has 8 nitrogen and oxygen atoms in total. The minimum absolute atomic E-state index is 0.164. The van der Waals surface area contributed by atoms with Crippen molar-refractivity contribution < 1.29 is 9.21 Å². The normalized spacial score (nSPS) is 11.1. The van der Waals surface area contributed by atoms with Crippen molar-refractivity contribution >= 4 is 29.2 Å². The Hall–Kier alpha value is -5.03. The first-order valence-electron chi connectivity index (χ1n) is 10.5. The van der Waals surface area contributed by atoms with E-state index in [1.165, 1.54) is 6.92 Å². The van der Waals surface area contributed by atoms with Gasteiger partial charge in [0, 0.05) is 18.1 Å². The van der Waals surface area contributed by atoms with Gasteiger partial charge in [0.05, 0.1) is 0 Å². The van der Waals surface area contributed by atoms with Crippen LogP contribution in [0.5, 0.6) is 0 Å². The lowest BCUT2D eigenvalue weighted by molar-refractivity contribution is -0.115. The van der Waals surface area contributed by atoms with E-state index in [9.17, 15) is 10.1 Å². The largest absolute Gasteiger partial charge is 0.436 e. The molecule has 1 N–H and O–H groups in total. The fourth-order valence-corrected chi connectivity index (χ4v) is 3.48. The maximum absolute atomic E-state index is 11.3. The van der Waals surface area contributed by atoms with Gasteiger partial charge in [0.2, 0.25) is 11.8 Å². The Labute approximate surface area is 194 Å². The number of aromatic nitrogens is 4. The first kappa shape index (κ1) is 20.8. The van der Waals surface area contributed by atoms with Gasteiger partial charge in [0.25, 0.3) is 0 Å². The molecule has 164 valence electrons. The average molecular weight is 446 g/mol. The Balaban J connectivity index is 1.31. The van der Waals surface area contributed by atoms with E-state index in [4.69, 9.17) is 4.42 Å². The van der Waals surface area contributed by atoms with Crippen LogP contribution in [0.25, 0.3) is 46.0 Å². The van der Waals surface area contributed by atoms with Crippen molar-refractivity contribution in [3.8, 4) is 28.8 Å². The Kier molecular flexibility index (Phi) is 5.42. The van der Waals surface area contributed by atoms with E-state index in [0.717, 1.165) is 38.1 Å². The maximum Gasteiger partial charge on any atom is 0.237 e. The lowest BCUT2D eigenvalue weighted by Gasteiger charge is -2.02. The van der Waals surface area contributed by atoms with Gasteiger partial charge in [-0.2, -0.15) is 5.26 Å². The second kappa shape index (κ2) is 8.84. The molecular weight excluding hydrogens is 428 g/mol. The number of benzene rings is 3. The summed E-state index contributed by atoms with van der Waals surface area (Å²) in [5.74, 6) is 0.259. The quantitative estimate of drug-likeness (QED) is 0.385. The number of rotatable bonds is 5. The van der Waals surface area contributed by atoms with E-state index in [1.54, 1.807) is 0 Å². The third-order valence-electron chi connectivity index (χ3n) is 5.14. The topological polar surface area (TPSA) is 110 Å². The van der Waals surface area contributed by atoms with Gasteiger partial charge in [-0.05, 0) is 40.6 Å². The second-order valence-electron chi connectivity index (χ2n) is 7.54. The Morgan fingerprint density at radius 1 is 0.971 bits per heavy atom. The molecule has 0 fully saturated rings. The van der Waals surface area contributed by atoms with Gasteiger partial charge in [0.1, 0.15) is 17.3 Å². The van der Waals surface area contributed by atoms with Crippen LogP contribution in [-0.4, -0.2) is 26.0 Å². The first-order chi connectivity index (χ1) is 16.6. The summed E-state index contributed by atoms with van der Waals surface area (Å²) in [6.07, 6.45) is 4.01. The van der Waals surface area contributed by atoms with Crippen molar-refractivity contribution in [3.63, 3.8) is 0 Å². The highest BCUT2D eigenvalue weighted by Gasteiger charge is 2.15. The number of hydrogen-bond donors (Lipinski definition) is 1.